The van der Waals surface area contributed by atoms with Crippen molar-refractivity contribution >= 4 is 17.1 Å². The number of Topliss-reactive ketones (excluding diaryl/α,β-unsaturated/α-hetero) is 1. The Labute approximate surface area is 101 Å². The van der Waals surface area contributed by atoms with Crippen molar-refractivity contribution in [3.63, 3.8) is 0 Å². The van der Waals surface area contributed by atoms with Crippen molar-refractivity contribution in [2.75, 3.05) is 13.2 Å². The molecule has 3 heteroatoms. The van der Waals surface area contributed by atoms with Crippen LogP contribution < -0.4 is 0 Å². The maximum Gasteiger partial charge on any atom is 0.189 e. The van der Waals surface area contributed by atoms with Gasteiger partial charge in [0, 0.05) is 15.3 Å². The van der Waals surface area contributed by atoms with Gasteiger partial charge in [0.05, 0.1) is 6.61 Å². The van der Waals surface area contributed by atoms with Gasteiger partial charge in [-0.1, -0.05) is 5.57 Å². The number of aryl methyl sites for hydroxylation is 2. The number of hydrogen-bond donors (Lipinski definition) is 0. The molecule has 0 spiro atoms. The predicted octanol–water partition coefficient (Wildman–Crippen LogP) is 3.53. The first-order valence-corrected chi connectivity index (χ1v) is 6.14. The van der Waals surface area contributed by atoms with Crippen molar-refractivity contribution in [2.45, 2.75) is 27.2 Å². The van der Waals surface area contributed by atoms with Gasteiger partial charge in [0.2, 0.25) is 0 Å². The molecular formula is C13H18O2S. The quantitative estimate of drug-likeness (QED) is 0.430. The van der Waals surface area contributed by atoms with E-state index in [4.69, 9.17) is 4.74 Å². The van der Waals surface area contributed by atoms with Gasteiger partial charge in [-0.3, -0.25) is 4.79 Å². The van der Waals surface area contributed by atoms with Crippen molar-refractivity contribution < 1.29 is 9.53 Å². The molecule has 0 unspecified atom stereocenters. The van der Waals surface area contributed by atoms with Crippen LogP contribution in [-0.4, -0.2) is 19.0 Å². The number of rotatable bonds is 6. The van der Waals surface area contributed by atoms with Gasteiger partial charge in [-0.2, -0.15) is 0 Å². The van der Waals surface area contributed by atoms with Crippen molar-refractivity contribution in [2.24, 2.45) is 0 Å². The predicted molar refractivity (Wildman–Crippen MR) is 68.4 cm³/mol. The molecule has 0 amide bonds. The van der Waals surface area contributed by atoms with Crippen molar-refractivity contribution in [3.05, 3.63) is 33.5 Å². The normalized spacial score (nSPS) is 10.4. The van der Waals surface area contributed by atoms with Crippen molar-refractivity contribution in [1.29, 1.82) is 0 Å². The van der Waals surface area contributed by atoms with Crippen molar-refractivity contribution in [3.8, 4) is 0 Å². The zero-order valence-electron chi connectivity index (χ0n) is 10.1. The summed E-state index contributed by atoms with van der Waals surface area (Å²) in [5.74, 6) is 0.0727. The van der Waals surface area contributed by atoms with Crippen LogP contribution in [0.5, 0.6) is 0 Å². The monoisotopic (exact) mass is 238 g/mol. The summed E-state index contributed by atoms with van der Waals surface area (Å²) in [5, 5.41) is 0. The molecule has 0 aliphatic heterocycles. The first kappa shape index (κ1) is 13.1. The minimum Gasteiger partial charge on any atom is -0.373 e. The molecule has 0 saturated carbocycles. The Hall–Kier alpha value is -0.930. The molecule has 0 radical (unpaired) electrons. The minimum atomic E-state index is 0.0727. The van der Waals surface area contributed by atoms with Gasteiger partial charge in [0.15, 0.2) is 5.78 Å². The summed E-state index contributed by atoms with van der Waals surface area (Å²) in [7, 11) is 0. The van der Waals surface area contributed by atoms with E-state index >= 15 is 0 Å². The zero-order chi connectivity index (χ0) is 12.1. The molecule has 0 aromatic carbocycles. The smallest absolute Gasteiger partial charge is 0.189 e. The lowest BCUT2D eigenvalue weighted by molar-refractivity contribution is 0.0765. The highest BCUT2D eigenvalue weighted by Crippen LogP contribution is 2.20. The van der Waals surface area contributed by atoms with Gasteiger partial charge in [0.25, 0.3) is 0 Å². The number of carbonyl (C=O) groups is 1. The topological polar surface area (TPSA) is 26.3 Å². The average molecular weight is 238 g/mol. The van der Waals surface area contributed by atoms with E-state index < -0.39 is 0 Å². The molecule has 16 heavy (non-hydrogen) atoms. The molecule has 0 aliphatic rings. The van der Waals surface area contributed by atoms with E-state index in [1.54, 1.807) is 11.3 Å². The van der Waals surface area contributed by atoms with Crippen LogP contribution in [0.1, 0.15) is 33.5 Å². The number of carbonyl (C=O) groups excluding carboxylic acids is 1. The summed E-state index contributed by atoms with van der Waals surface area (Å²) in [6.07, 6.45) is 0.814. The van der Waals surface area contributed by atoms with E-state index in [2.05, 4.69) is 6.58 Å². The molecule has 1 aromatic heterocycles. The summed E-state index contributed by atoms with van der Waals surface area (Å²) in [6, 6.07) is 1.93. The highest BCUT2D eigenvalue weighted by molar-refractivity contribution is 7.12. The summed E-state index contributed by atoms with van der Waals surface area (Å²) in [4.78, 5) is 14.0. The molecule has 0 bridgehead atoms. The average Bonchev–Trinajstić information content (AvgIpc) is 2.52. The lowest BCUT2D eigenvalue weighted by atomic mass is 10.2. The fourth-order valence-electron chi connectivity index (χ4n) is 1.40. The lowest BCUT2D eigenvalue weighted by Crippen LogP contribution is -2.10. The van der Waals surface area contributed by atoms with E-state index in [1.165, 1.54) is 4.88 Å². The van der Waals surface area contributed by atoms with Gasteiger partial charge in [-0.25, -0.2) is 0 Å². The molecule has 88 valence electrons. The Morgan fingerprint density at radius 1 is 1.50 bits per heavy atom. The van der Waals surface area contributed by atoms with E-state index in [0.717, 1.165) is 22.4 Å². The Kier molecular flexibility index (Phi) is 4.90. The molecule has 1 heterocycles. The minimum absolute atomic E-state index is 0.0727. The Bertz CT molecular complexity index is 391. The largest absolute Gasteiger partial charge is 0.373 e. The third-order valence-corrected chi connectivity index (χ3v) is 3.21. The molecule has 0 atom stereocenters. The summed E-state index contributed by atoms with van der Waals surface area (Å²) >= 11 is 1.65. The van der Waals surface area contributed by atoms with Crippen LogP contribution in [0.25, 0.3) is 0 Å². The second-order valence-electron chi connectivity index (χ2n) is 4.01. The Morgan fingerprint density at radius 2 is 2.19 bits per heavy atom. The first-order valence-electron chi connectivity index (χ1n) is 5.33. The molecule has 0 N–H and O–H groups in total. The van der Waals surface area contributed by atoms with E-state index in [-0.39, 0.29) is 12.4 Å². The van der Waals surface area contributed by atoms with Gasteiger partial charge < -0.3 is 4.74 Å². The van der Waals surface area contributed by atoms with Gasteiger partial charge in [-0.05, 0) is 33.3 Å². The summed E-state index contributed by atoms with van der Waals surface area (Å²) in [6.45, 7) is 10.5. The van der Waals surface area contributed by atoms with Crippen LogP contribution in [-0.2, 0) is 4.74 Å². The molecule has 2 nitrogen and oxygen atoms in total. The maximum absolute atomic E-state index is 11.8. The first-order chi connectivity index (χ1) is 7.50. The van der Waals surface area contributed by atoms with Gasteiger partial charge in [0.1, 0.15) is 6.61 Å². The van der Waals surface area contributed by atoms with Gasteiger partial charge >= 0.3 is 0 Å². The number of hydrogen-bond acceptors (Lipinski definition) is 3. The molecule has 0 aliphatic carbocycles. The standard InChI is InChI=1S/C13H18O2S/c1-9(2)5-6-15-8-13(14)12-7-10(3)16-11(12)4/h7H,1,5-6,8H2,2-4H3. The molecule has 1 aromatic rings. The SMILES string of the molecule is C=C(C)CCOCC(=O)c1cc(C)sc1C. The number of thiophene rings is 1. The molecule has 0 saturated heterocycles. The second kappa shape index (κ2) is 5.97. The van der Waals surface area contributed by atoms with Crippen LogP contribution >= 0.6 is 11.3 Å². The number of ketones is 1. The highest BCUT2D eigenvalue weighted by atomic mass is 32.1. The molecule has 0 fully saturated rings. The van der Waals surface area contributed by atoms with Gasteiger partial charge in [-0.15, -0.1) is 17.9 Å². The van der Waals surface area contributed by atoms with E-state index in [9.17, 15) is 4.79 Å². The van der Waals surface area contributed by atoms with Crippen LogP contribution in [0.4, 0.5) is 0 Å². The van der Waals surface area contributed by atoms with Crippen LogP contribution in [0.3, 0.4) is 0 Å². The lowest BCUT2D eigenvalue weighted by Gasteiger charge is -2.03. The third kappa shape index (κ3) is 3.91. The van der Waals surface area contributed by atoms with Crippen LogP contribution in [0, 0.1) is 13.8 Å². The highest BCUT2D eigenvalue weighted by Gasteiger charge is 2.11. The zero-order valence-corrected chi connectivity index (χ0v) is 10.9. The van der Waals surface area contributed by atoms with E-state index in [0.29, 0.717) is 6.61 Å². The molecular weight excluding hydrogens is 220 g/mol. The van der Waals surface area contributed by atoms with Crippen LogP contribution in [0.15, 0.2) is 18.2 Å². The number of ether oxygens (including phenoxy) is 1. The Morgan fingerprint density at radius 3 is 2.69 bits per heavy atom. The Balaban J connectivity index is 2.41. The fraction of sp³-hybridized carbons (Fsp3) is 0.462. The van der Waals surface area contributed by atoms with E-state index in [1.807, 2.05) is 26.8 Å². The summed E-state index contributed by atoms with van der Waals surface area (Å²) < 4.78 is 5.32. The maximum atomic E-state index is 11.8. The van der Waals surface area contributed by atoms with Crippen LogP contribution in [0.2, 0.25) is 0 Å². The fourth-order valence-corrected chi connectivity index (χ4v) is 2.34. The second-order valence-corrected chi connectivity index (χ2v) is 5.47. The third-order valence-electron chi connectivity index (χ3n) is 2.25. The summed E-state index contributed by atoms with van der Waals surface area (Å²) in [5.41, 5.74) is 1.88. The molecule has 1 rings (SSSR count). The van der Waals surface area contributed by atoms with Crippen molar-refractivity contribution in [1.82, 2.24) is 0 Å².